The van der Waals surface area contributed by atoms with Crippen molar-refractivity contribution in [3.8, 4) is 17.2 Å². The van der Waals surface area contributed by atoms with Crippen LogP contribution in [-0.4, -0.2) is 25.8 Å². The number of anilines is 2. The number of carbonyl (C=O) groups excluding carboxylic acids is 1. The molecular formula is C22H18Cl2N6O2. The van der Waals surface area contributed by atoms with Crippen LogP contribution in [0.5, 0.6) is 0 Å². The van der Waals surface area contributed by atoms with Crippen molar-refractivity contribution in [2.45, 2.75) is 13.8 Å². The van der Waals surface area contributed by atoms with E-state index in [0.29, 0.717) is 38.5 Å². The van der Waals surface area contributed by atoms with E-state index in [2.05, 4.69) is 25.7 Å². The number of aryl methyl sites for hydroxylation is 1. The average molecular weight is 469 g/mol. The van der Waals surface area contributed by atoms with Crippen molar-refractivity contribution in [1.82, 2.24) is 19.7 Å². The van der Waals surface area contributed by atoms with E-state index in [1.54, 1.807) is 38.1 Å². The predicted molar refractivity (Wildman–Crippen MR) is 126 cm³/mol. The number of hydrogen-bond donors (Lipinski definition) is 3. The molecule has 2 aromatic carbocycles. The largest absolute Gasteiger partial charge is 0.324 e. The summed E-state index contributed by atoms with van der Waals surface area (Å²) in [4.78, 5) is 32.1. The number of benzene rings is 2. The Hall–Kier alpha value is -3.62. The molecular weight excluding hydrogens is 451 g/mol. The van der Waals surface area contributed by atoms with Gasteiger partial charge in [-0.25, -0.2) is 9.78 Å². The quantitative estimate of drug-likeness (QED) is 0.383. The van der Waals surface area contributed by atoms with E-state index < -0.39 is 6.03 Å². The van der Waals surface area contributed by atoms with Crippen LogP contribution in [-0.2, 0) is 0 Å². The Kier molecular flexibility index (Phi) is 5.98. The number of H-pyrrole nitrogens is 1. The molecule has 10 heteroatoms. The van der Waals surface area contributed by atoms with Crippen molar-refractivity contribution < 1.29 is 4.79 Å². The maximum Gasteiger partial charge on any atom is 0.324 e. The zero-order valence-electron chi connectivity index (χ0n) is 17.1. The van der Waals surface area contributed by atoms with Crippen molar-refractivity contribution in [2.24, 2.45) is 0 Å². The van der Waals surface area contributed by atoms with Gasteiger partial charge >= 0.3 is 6.03 Å². The third kappa shape index (κ3) is 4.51. The summed E-state index contributed by atoms with van der Waals surface area (Å²) in [5.41, 5.74) is 2.68. The molecule has 2 amide bonds. The topological polar surface area (TPSA) is 105 Å². The average Bonchev–Trinajstić information content (AvgIpc) is 3.18. The van der Waals surface area contributed by atoms with Gasteiger partial charge in [0.1, 0.15) is 5.82 Å². The number of nitrogens with one attached hydrogen (secondary N) is 3. The third-order valence-corrected chi connectivity index (χ3v) is 5.52. The Bertz CT molecular complexity index is 1360. The van der Waals surface area contributed by atoms with Crippen molar-refractivity contribution in [3.05, 3.63) is 86.3 Å². The zero-order chi connectivity index (χ0) is 22.8. The minimum atomic E-state index is -0.532. The van der Waals surface area contributed by atoms with Crippen molar-refractivity contribution in [1.29, 1.82) is 0 Å². The van der Waals surface area contributed by atoms with Gasteiger partial charge < -0.3 is 5.32 Å². The molecule has 0 saturated heterocycles. The summed E-state index contributed by atoms with van der Waals surface area (Å²) in [7, 11) is 0. The van der Waals surface area contributed by atoms with Crippen molar-refractivity contribution in [3.63, 3.8) is 0 Å². The standard InChI is InChI=1S/C22H18Cl2N6O2/c1-12-13(2)25-21(28-20(12)31)30-19(11-18(29-30)14-6-4-3-5-7-14)27-22(32)26-15-8-9-16(23)17(24)10-15/h3-11H,1-2H3,(H,25,28,31)(H2,26,27,32). The molecule has 0 saturated carbocycles. The van der Waals surface area contributed by atoms with Gasteiger partial charge in [-0.1, -0.05) is 53.5 Å². The summed E-state index contributed by atoms with van der Waals surface area (Å²) in [5, 5.41) is 10.7. The first-order valence-electron chi connectivity index (χ1n) is 9.58. The van der Waals surface area contributed by atoms with Crippen LogP contribution >= 0.6 is 23.2 Å². The Morgan fingerprint density at radius 2 is 1.75 bits per heavy atom. The zero-order valence-corrected chi connectivity index (χ0v) is 18.6. The van der Waals surface area contributed by atoms with Gasteiger partial charge in [-0.15, -0.1) is 0 Å². The van der Waals surface area contributed by atoms with Gasteiger partial charge in [0.2, 0.25) is 5.95 Å². The lowest BCUT2D eigenvalue weighted by Crippen LogP contribution is -2.23. The molecule has 0 spiro atoms. The van der Waals surface area contributed by atoms with E-state index >= 15 is 0 Å². The molecule has 2 heterocycles. The van der Waals surface area contributed by atoms with Crippen LogP contribution in [0.1, 0.15) is 11.3 Å². The van der Waals surface area contributed by atoms with Crippen LogP contribution < -0.4 is 16.2 Å². The summed E-state index contributed by atoms with van der Waals surface area (Å²) in [6, 6.07) is 15.4. The Morgan fingerprint density at radius 3 is 2.44 bits per heavy atom. The minimum absolute atomic E-state index is 0.185. The first-order valence-corrected chi connectivity index (χ1v) is 10.3. The van der Waals surface area contributed by atoms with Gasteiger partial charge in [0, 0.05) is 28.6 Å². The Labute approximate surface area is 193 Å². The highest BCUT2D eigenvalue weighted by atomic mass is 35.5. The SMILES string of the molecule is Cc1nc(-n2nc(-c3ccccc3)cc2NC(=O)Nc2ccc(Cl)c(Cl)c2)[nH]c(=O)c1C. The predicted octanol–water partition coefficient (Wildman–Crippen LogP) is 5.19. The second kappa shape index (κ2) is 8.86. The first kappa shape index (κ1) is 21.6. The normalized spacial score (nSPS) is 10.8. The fraction of sp³-hybridized carbons (Fsp3) is 0.0909. The van der Waals surface area contributed by atoms with Crippen LogP contribution in [0.2, 0.25) is 10.0 Å². The lowest BCUT2D eigenvalue weighted by atomic mass is 10.2. The number of carbonyl (C=O) groups is 1. The molecule has 8 nitrogen and oxygen atoms in total. The van der Waals surface area contributed by atoms with Crippen LogP contribution in [0, 0.1) is 13.8 Å². The molecule has 4 aromatic rings. The van der Waals surface area contributed by atoms with Gasteiger partial charge in [0.05, 0.1) is 15.7 Å². The monoisotopic (exact) mass is 468 g/mol. The van der Waals surface area contributed by atoms with Crippen molar-refractivity contribution in [2.75, 3.05) is 10.6 Å². The third-order valence-electron chi connectivity index (χ3n) is 4.78. The van der Waals surface area contributed by atoms with Gasteiger partial charge in [-0.2, -0.15) is 9.78 Å². The minimum Gasteiger partial charge on any atom is -0.308 e. The highest BCUT2D eigenvalue weighted by Crippen LogP contribution is 2.26. The van der Waals surface area contributed by atoms with Crippen molar-refractivity contribution >= 4 is 40.7 Å². The highest BCUT2D eigenvalue weighted by molar-refractivity contribution is 6.42. The lowest BCUT2D eigenvalue weighted by Gasteiger charge is -2.10. The second-order valence-corrected chi connectivity index (χ2v) is 7.82. The molecule has 3 N–H and O–H groups in total. The number of urea groups is 1. The Balaban J connectivity index is 1.71. The van der Waals surface area contributed by atoms with Gasteiger partial charge in [0.15, 0.2) is 0 Å². The first-order chi connectivity index (χ1) is 15.3. The van der Waals surface area contributed by atoms with Gasteiger partial charge in [-0.3, -0.25) is 15.1 Å². The maximum absolute atomic E-state index is 12.7. The number of aromatic nitrogens is 4. The van der Waals surface area contributed by atoms with Crippen LogP contribution in [0.25, 0.3) is 17.2 Å². The Morgan fingerprint density at radius 1 is 1.00 bits per heavy atom. The fourth-order valence-electron chi connectivity index (χ4n) is 2.96. The fourth-order valence-corrected chi connectivity index (χ4v) is 3.26. The summed E-state index contributed by atoms with van der Waals surface area (Å²) in [6.45, 7) is 3.42. The van der Waals surface area contributed by atoms with E-state index in [9.17, 15) is 9.59 Å². The van der Waals surface area contributed by atoms with E-state index in [1.165, 1.54) is 4.68 Å². The molecule has 0 radical (unpaired) electrons. The summed E-state index contributed by atoms with van der Waals surface area (Å²) < 4.78 is 1.38. The molecule has 32 heavy (non-hydrogen) atoms. The molecule has 0 aliphatic rings. The summed E-state index contributed by atoms with van der Waals surface area (Å²) in [6.07, 6.45) is 0. The smallest absolute Gasteiger partial charge is 0.308 e. The number of aromatic amines is 1. The van der Waals surface area contributed by atoms with Crippen LogP contribution in [0.15, 0.2) is 59.4 Å². The maximum atomic E-state index is 12.7. The molecule has 0 aliphatic carbocycles. The van der Waals surface area contributed by atoms with E-state index in [4.69, 9.17) is 23.2 Å². The second-order valence-electron chi connectivity index (χ2n) is 7.00. The molecule has 0 unspecified atom stereocenters. The molecule has 0 bridgehead atoms. The van der Waals surface area contributed by atoms with E-state index in [0.717, 1.165) is 5.56 Å². The highest BCUT2D eigenvalue weighted by Gasteiger charge is 2.17. The van der Waals surface area contributed by atoms with E-state index in [-0.39, 0.29) is 11.5 Å². The lowest BCUT2D eigenvalue weighted by molar-refractivity contribution is 0.262. The number of rotatable bonds is 4. The van der Waals surface area contributed by atoms with Crippen LogP contribution in [0.4, 0.5) is 16.3 Å². The van der Waals surface area contributed by atoms with Crippen LogP contribution in [0.3, 0.4) is 0 Å². The molecule has 0 aliphatic heterocycles. The number of amides is 2. The van der Waals surface area contributed by atoms with E-state index in [1.807, 2.05) is 30.3 Å². The summed E-state index contributed by atoms with van der Waals surface area (Å²) >= 11 is 11.9. The number of nitrogens with zero attached hydrogens (tertiary/aromatic N) is 3. The van der Waals surface area contributed by atoms with Gasteiger partial charge in [0.25, 0.3) is 5.56 Å². The number of hydrogen-bond acceptors (Lipinski definition) is 4. The molecule has 0 fully saturated rings. The molecule has 4 rings (SSSR count). The summed E-state index contributed by atoms with van der Waals surface area (Å²) in [5.74, 6) is 0.498. The molecule has 2 aromatic heterocycles. The van der Waals surface area contributed by atoms with Gasteiger partial charge in [-0.05, 0) is 32.0 Å². The molecule has 162 valence electrons. The number of halogens is 2. The molecule has 0 atom stereocenters.